The van der Waals surface area contributed by atoms with Crippen LogP contribution in [0.25, 0.3) is 0 Å². The Kier molecular flexibility index (Phi) is 5.07. The summed E-state index contributed by atoms with van der Waals surface area (Å²) in [5.41, 5.74) is 1.81. The average Bonchev–Trinajstić information content (AvgIpc) is 3.35. The van der Waals surface area contributed by atoms with E-state index in [2.05, 4.69) is 14.9 Å². The number of hydrogen-bond donors (Lipinski definition) is 1. The van der Waals surface area contributed by atoms with Gasteiger partial charge in [0.2, 0.25) is 11.8 Å². The van der Waals surface area contributed by atoms with Crippen LogP contribution in [0.15, 0.2) is 35.6 Å². The third-order valence-electron chi connectivity index (χ3n) is 4.94. The van der Waals surface area contributed by atoms with Crippen LogP contribution in [-0.4, -0.2) is 45.7 Å². The van der Waals surface area contributed by atoms with Crippen molar-refractivity contribution in [2.45, 2.75) is 31.2 Å². The zero-order chi connectivity index (χ0) is 18.8. The number of thioether (sulfide) groups is 1. The summed E-state index contributed by atoms with van der Waals surface area (Å²) >= 11 is 1.73. The number of rotatable bonds is 6. The summed E-state index contributed by atoms with van der Waals surface area (Å²) in [6.07, 6.45) is 2.24. The van der Waals surface area contributed by atoms with Gasteiger partial charge >= 0.3 is 0 Å². The molecule has 2 aliphatic heterocycles. The standard InChI is InChI=1S/C19H22N4O3S/c1-26-16-5-3-2-4-13(16)10-23-11-14(8-17(23)24)18(25)20-9-15-12-22-6-7-27-19(22)21-15/h2-5,12,14H,6-11H2,1H3,(H,20,25)/t14-/m0/s1. The van der Waals surface area contributed by atoms with E-state index in [0.717, 1.165) is 34.5 Å². The van der Waals surface area contributed by atoms with Gasteiger partial charge in [-0.05, 0) is 6.07 Å². The molecule has 2 aliphatic rings. The summed E-state index contributed by atoms with van der Waals surface area (Å²) in [7, 11) is 1.62. The second kappa shape index (κ2) is 7.64. The molecular formula is C19H22N4O3S. The van der Waals surface area contributed by atoms with Crippen molar-refractivity contribution < 1.29 is 14.3 Å². The minimum absolute atomic E-state index is 0.00146. The smallest absolute Gasteiger partial charge is 0.225 e. The first-order chi connectivity index (χ1) is 13.1. The molecule has 8 heteroatoms. The molecule has 3 heterocycles. The highest BCUT2D eigenvalue weighted by Crippen LogP contribution is 2.26. The van der Waals surface area contributed by atoms with Crippen LogP contribution >= 0.6 is 11.8 Å². The number of nitrogens with one attached hydrogen (secondary N) is 1. The van der Waals surface area contributed by atoms with Crippen LogP contribution in [0, 0.1) is 5.92 Å². The Hall–Kier alpha value is -2.48. The molecule has 1 saturated heterocycles. The number of aryl methyl sites for hydroxylation is 1. The lowest BCUT2D eigenvalue weighted by Crippen LogP contribution is -2.32. The number of aromatic nitrogens is 2. The van der Waals surface area contributed by atoms with Crippen molar-refractivity contribution >= 4 is 23.6 Å². The van der Waals surface area contributed by atoms with Gasteiger partial charge in [0.1, 0.15) is 5.75 Å². The summed E-state index contributed by atoms with van der Waals surface area (Å²) in [4.78, 5) is 31.1. The van der Waals surface area contributed by atoms with E-state index < -0.39 is 0 Å². The van der Waals surface area contributed by atoms with Crippen LogP contribution in [0.5, 0.6) is 5.75 Å². The van der Waals surface area contributed by atoms with Crippen molar-refractivity contribution in [2.24, 2.45) is 5.92 Å². The fourth-order valence-electron chi connectivity index (χ4n) is 3.51. The number of fused-ring (bicyclic) bond motifs is 1. The SMILES string of the molecule is COc1ccccc1CN1C[C@@H](C(=O)NCc2cn3c(n2)SCC3)CC1=O. The topological polar surface area (TPSA) is 76.5 Å². The zero-order valence-corrected chi connectivity index (χ0v) is 16.0. The van der Waals surface area contributed by atoms with Crippen molar-refractivity contribution in [3.05, 3.63) is 41.7 Å². The van der Waals surface area contributed by atoms with E-state index in [1.807, 2.05) is 30.5 Å². The van der Waals surface area contributed by atoms with E-state index in [1.165, 1.54) is 0 Å². The van der Waals surface area contributed by atoms with Crippen LogP contribution in [0.2, 0.25) is 0 Å². The number of benzene rings is 1. The Labute approximate surface area is 162 Å². The van der Waals surface area contributed by atoms with Gasteiger partial charge in [0.05, 0.1) is 25.3 Å². The Bertz CT molecular complexity index is 845. The fraction of sp³-hybridized carbons (Fsp3) is 0.421. The molecule has 1 N–H and O–H groups in total. The van der Waals surface area contributed by atoms with Crippen molar-refractivity contribution in [2.75, 3.05) is 19.4 Å². The third kappa shape index (κ3) is 3.80. The first-order valence-electron chi connectivity index (χ1n) is 9.00. The molecule has 1 aromatic heterocycles. The van der Waals surface area contributed by atoms with Crippen LogP contribution < -0.4 is 10.1 Å². The number of methoxy groups -OCH3 is 1. The van der Waals surface area contributed by atoms with Gasteiger partial charge in [0.25, 0.3) is 0 Å². The van der Waals surface area contributed by atoms with Crippen LogP contribution in [0.1, 0.15) is 17.7 Å². The summed E-state index contributed by atoms with van der Waals surface area (Å²) < 4.78 is 7.46. The number of carbonyl (C=O) groups excluding carboxylic acids is 2. The zero-order valence-electron chi connectivity index (χ0n) is 15.2. The van der Waals surface area contributed by atoms with E-state index in [4.69, 9.17) is 4.74 Å². The lowest BCUT2D eigenvalue weighted by atomic mass is 10.1. The first-order valence-corrected chi connectivity index (χ1v) is 9.99. The minimum Gasteiger partial charge on any atom is -0.496 e. The molecule has 2 aromatic rings. The molecule has 0 radical (unpaired) electrons. The molecule has 0 unspecified atom stereocenters. The number of carbonyl (C=O) groups is 2. The van der Waals surface area contributed by atoms with Crippen LogP contribution in [0.4, 0.5) is 0 Å². The predicted octanol–water partition coefficient (Wildman–Crippen LogP) is 1.66. The molecule has 0 aliphatic carbocycles. The minimum atomic E-state index is -0.323. The molecule has 1 atom stereocenters. The number of likely N-dealkylation sites (tertiary alicyclic amines) is 1. The van der Waals surface area contributed by atoms with Gasteiger partial charge in [-0.1, -0.05) is 30.0 Å². The van der Waals surface area contributed by atoms with E-state index in [-0.39, 0.29) is 24.2 Å². The van der Waals surface area contributed by atoms with Gasteiger partial charge in [0.15, 0.2) is 5.16 Å². The third-order valence-corrected chi connectivity index (χ3v) is 5.91. The lowest BCUT2D eigenvalue weighted by Gasteiger charge is -2.18. The number of ether oxygens (including phenoxy) is 1. The van der Waals surface area contributed by atoms with Crippen molar-refractivity contribution in [3.8, 4) is 5.75 Å². The predicted molar refractivity (Wildman–Crippen MR) is 101 cm³/mol. The Morgan fingerprint density at radius 2 is 2.26 bits per heavy atom. The number of hydrogen-bond acceptors (Lipinski definition) is 5. The lowest BCUT2D eigenvalue weighted by molar-refractivity contribution is -0.129. The maximum atomic E-state index is 12.5. The number of para-hydroxylation sites is 1. The summed E-state index contributed by atoms with van der Waals surface area (Å²) in [6.45, 7) is 2.25. The quantitative estimate of drug-likeness (QED) is 0.817. The molecule has 4 rings (SSSR count). The monoisotopic (exact) mass is 386 g/mol. The van der Waals surface area contributed by atoms with Crippen LogP contribution in [-0.2, 0) is 29.2 Å². The average molecular weight is 386 g/mol. The molecule has 7 nitrogen and oxygen atoms in total. The normalized spacial score (nSPS) is 18.6. The Morgan fingerprint density at radius 3 is 3.07 bits per heavy atom. The van der Waals surface area contributed by atoms with E-state index in [0.29, 0.717) is 19.6 Å². The van der Waals surface area contributed by atoms with Crippen molar-refractivity contribution in [1.82, 2.24) is 19.8 Å². The second-order valence-corrected chi connectivity index (χ2v) is 7.82. The number of amides is 2. The van der Waals surface area contributed by atoms with E-state index >= 15 is 0 Å². The van der Waals surface area contributed by atoms with Crippen molar-refractivity contribution in [3.63, 3.8) is 0 Å². The first kappa shape index (κ1) is 17.9. The largest absolute Gasteiger partial charge is 0.496 e. The van der Waals surface area contributed by atoms with Gasteiger partial charge in [-0.25, -0.2) is 4.98 Å². The highest BCUT2D eigenvalue weighted by Gasteiger charge is 2.34. The summed E-state index contributed by atoms with van der Waals surface area (Å²) in [6, 6.07) is 7.63. The molecule has 1 aromatic carbocycles. The Morgan fingerprint density at radius 1 is 1.41 bits per heavy atom. The maximum Gasteiger partial charge on any atom is 0.225 e. The van der Waals surface area contributed by atoms with Gasteiger partial charge in [-0.15, -0.1) is 0 Å². The van der Waals surface area contributed by atoms with Gasteiger partial charge in [0, 0.05) is 43.6 Å². The van der Waals surface area contributed by atoms with Gasteiger partial charge < -0.3 is 19.5 Å². The molecule has 2 amide bonds. The maximum absolute atomic E-state index is 12.5. The highest BCUT2D eigenvalue weighted by atomic mass is 32.2. The second-order valence-electron chi connectivity index (χ2n) is 6.76. The number of imidazole rings is 1. The molecule has 0 saturated carbocycles. The molecule has 1 fully saturated rings. The highest BCUT2D eigenvalue weighted by molar-refractivity contribution is 7.99. The Balaban J connectivity index is 1.33. The molecule has 142 valence electrons. The summed E-state index contributed by atoms with van der Waals surface area (Å²) in [5, 5.41) is 3.94. The molecule has 0 spiro atoms. The molecule has 0 bridgehead atoms. The van der Waals surface area contributed by atoms with E-state index in [1.54, 1.807) is 23.8 Å². The summed E-state index contributed by atoms with van der Waals surface area (Å²) in [5.74, 6) is 1.39. The fourth-order valence-corrected chi connectivity index (χ4v) is 4.47. The number of nitrogens with zero attached hydrogens (tertiary/aromatic N) is 3. The van der Waals surface area contributed by atoms with Crippen molar-refractivity contribution in [1.29, 1.82) is 0 Å². The van der Waals surface area contributed by atoms with Crippen LogP contribution in [0.3, 0.4) is 0 Å². The van der Waals surface area contributed by atoms with Gasteiger partial charge in [-0.2, -0.15) is 0 Å². The van der Waals surface area contributed by atoms with Gasteiger partial charge in [-0.3, -0.25) is 9.59 Å². The molecular weight excluding hydrogens is 364 g/mol. The molecule has 27 heavy (non-hydrogen) atoms. The van der Waals surface area contributed by atoms with E-state index in [9.17, 15) is 9.59 Å².